The van der Waals surface area contributed by atoms with Gasteiger partial charge in [0.1, 0.15) is 5.82 Å². The van der Waals surface area contributed by atoms with E-state index in [1.165, 1.54) is 36.4 Å². The fourth-order valence-electron chi connectivity index (χ4n) is 3.75. The molecule has 4 heterocycles. The zero-order chi connectivity index (χ0) is 22.6. The number of benzene rings is 1. The van der Waals surface area contributed by atoms with Crippen LogP contribution in [0.2, 0.25) is 0 Å². The predicted molar refractivity (Wildman–Crippen MR) is 131 cm³/mol. The van der Waals surface area contributed by atoms with Gasteiger partial charge in [0, 0.05) is 35.6 Å². The molecular weight excluding hydrogens is 454 g/mol. The highest BCUT2D eigenvalue weighted by Crippen LogP contribution is 2.43. The zero-order valence-corrected chi connectivity index (χ0v) is 19.3. The molecule has 1 aromatic carbocycles. The lowest BCUT2D eigenvalue weighted by Crippen LogP contribution is -2.01. The van der Waals surface area contributed by atoms with Crippen molar-refractivity contribution in [2.45, 2.75) is 23.7 Å². The number of fused-ring (bicyclic) bond motifs is 2. The van der Waals surface area contributed by atoms with E-state index in [1.807, 2.05) is 30.3 Å². The number of sulfone groups is 1. The summed E-state index contributed by atoms with van der Waals surface area (Å²) in [6.07, 6.45) is 6.85. The summed E-state index contributed by atoms with van der Waals surface area (Å²) in [5, 5.41) is 5.51. The van der Waals surface area contributed by atoms with Crippen molar-refractivity contribution >= 4 is 53.8 Å². The van der Waals surface area contributed by atoms with Gasteiger partial charge in [0.05, 0.1) is 37.0 Å². The number of hydrogen-bond acceptors (Lipinski definition) is 8. The van der Waals surface area contributed by atoms with E-state index in [-0.39, 0.29) is 4.90 Å². The van der Waals surface area contributed by atoms with Crippen LogP contribution in [-0.4, -0.2) is 34.6 Å². The Labute approximate surface area is 194 Å². The van der Waals surface area contributed by atoms with E-state index in [9.17, 15) is 8.42 Å². The van der Waals surface area contributed by atoms with E-state index in [1.54, 1.807) is 23.6 Å². The molecule has 1 N–H and O–H groups in total. The molecule has 1 saturated carbocycles. The highest BCUT2D eigenvalue weighted by Gasteiger charge is 2.27. The van der Waals surface area contributed by atoms with Gasteiger partial charge in [-0.2, -0.15) is 0 Å². The Morgan fingerprint density at radius 2 is 1.82 bits per heavy atom. The summed E-state index contributed by atoms with van der Waals surface area (Å²) in [6, 6.07) is 14.8. The van der Waals surface area contributed by atoms with E-state index >= 15 is 0 Å². The topological polar surface area (TPSA) is 97.7 Å². The number of nitrogens with one attached hydrogen (secondary N) is 1. The standard InChI is InChI=1S/C24H19N5O2S2/c1-33(30,31)16-8-10-26-20(12-16)21-13-19-17(3-2-9-25-19)23(28-21)27-15-6-7-18-22(11-15)32-24(29-18)14-4-5-14/h2-3,6-14H,4-5H2,1H3,(H,27,28). The number of pyridine rings is 3. The van der Waals surface area contributed by atoms with Crippen LogP contribution in [0.25, 0.3) is 32.5 Å². The van der Waals surface area contributed by atoms with Gasteiger partial charge in [-0.1, -0.05) is 0 Å². The highest BCUT2D eigenvalue weighted by atomic mass is 32.2. The first-order chi connectivity index (χ1) is 15.9. The normalized spacial score (nSPS) is 14.1. The second kappa shape index (κ2) is 7.57. The monoisotopic (exact) mass is 473 g/mol. The van der Waals surface area contributed by atoms with Crippen molar-refractivity contribution in [2.75, 3.05) is 11.6 Å². The lowest BCUT2D eigenvalue weighted by atomic mass is 10.1. The molecular formula is C24H19N5O2S2. The molecule has 164 valence electrons. The van der Waals surface area contributed by atoms with Crippen LogP contribution >= 0.6 is 11.3 Å². The minimum atomic E-state index is -3.36. The molecule has 1 aliphatic carbocycles. The Morgan fingerprint density at radius 3 is 2.64 bits per heavy atom. The summed E-state index contributed by atoms with van der Waals surface area (Å²) >= 11 is 1.75. The fourth-order valence-corrected chi connectivity index (χ4v) is 5.56. The Hall–Kier alpha value is -3.43. The third-order valence-corrected chi connectivity index (χ3v) is 7.91. The third kappa shape index (κ3) is 3.94. The average Bonchev–Trinajstić information content (AvgIpc) is 3.58. The van der Waals surface area contributed by atoms with E-state index in [2.05, 4.69) is 21.4 Å². The average molecular weight is 474 g/mol. The second-order valence-corrected chi connectivity index (χ2v) is 11.3. The number of thiazole rings is 1. The Kier molecular flexibility index (Phi) is 4.63. The molecule has 0 atom stereocenters. The number of rotatable bonds is 5. The van der Waals surface area contributed by atoms with Crippen LogP contribution in [0.15, 0.2) is 65.8 Å². The summed E-state index contributed by atoms with van der Waals surface area (Å²) in [6.45, 7) is 0. The molecule has 6 rings (SSSR count). The van der Waals surface area contributed by atoms with Gasteiger partial charge in [-0.3, -0.25) is 9.97 Å². The van der Waals surface area contributed by atoms with Gasteiger partial charge in [-0.25, -0.2) is 18.4 Å². The molecule has 0 spiro atoms. The molecule has 0 aliphatic heterocycles. The molecule has 0 saturated heterocycles. The van der Waals surface area contributed by atoms with Gasteiger partial charge in [-0.05, 0) is 61.4 Å². The molecule has 33 heavy (non-hydrogen) atoms. The first kappa shape index (κ1) is 20.2. The maximum atomic E-state index is 12.0. The molecule has 1 aliphatic rings. The Balaban J connectivity index is 1.44. The van der Waals surface area contributed by atoms with Crippen LogP contribution < -0.4 is 5.32 Å². The first-order valence-corrected chi connectivity index (χ1v) is 13.2. The minimum absolute atomic E-state index is 0.201. The minimum Gasteiger partial charge on any atom is -0.340 e. The van der Waals surface area contributed by atoms with Gasteiger partial charge < -0.3 is 5.32 Å². The Bertz CT molecular complexity index is 1640. The smallest absolute Gasteiger partial charge is 0.175 e. The number of aromatic nitrogens is 4. The van der Waals surface area contributed by atoms with Crippen molar-refractivity contribution in [3.63, 3.8) is 0 Å². The van der Waals surface area contributed by atoms with Crippen molar-refractivity contribution in [1.29, 1.82) is 0 Å². The lowest BCUT2D eigenvalue weighted by molar-refractivity contribution is 0.602. The molecule has 5 aromatic rings. The molecule has 0 unspecified atom stereocenters. The highest BCUT2D eigenvalue weighted by molar-refractivity contribution is 7.90. The molecule has 7 nitrogen and oxygen atoms in total. The summed E-state index contributed by atoms with van der Waals surface area (Å²) in [7, 11) is -3.36. The van der Waals surface area contributed by atoms with E-state index < -0.39 is 9.84 Å². The van der Waals surface area contributed by atoms with Crippen molar-refractivity contribution in [2.24, 2.45) is 0 Å². The predicted octanol–water partition coefficient (Wildman–Crippen LogP) is 5.33. The summed E-state index contributed by atoms with van der Waals surface area (Å²) in [5.74, 6) is 1.26. The van der Waals surface area contributed by atoms with Crippen LogP contribution in [-0.2, 0) is 9.84 Å². The van der Waals surface area contributed by atoms with Gasteiger partial charge in [0.2, 0.25) is 0 Å². The fraction of sp³-hybridized carbons (Fsp3) is 0.167. The maximum Gasteiger partial charge on any atom is 0.175 e. The largest absolute Gasteiger partial charge is 0.340 e. The van der Waals surface area contributed by atoms with Crippen LogP contribution in [0.5, 0.6) is 0 Å². The number of nitrogens with zero attached hydrogens (tertiary/aromatic N) is 4. The van der Waals surface area contributed by atoms with Crippen molar-refractivity contribution in [1.82, 2.24) is 19.9 Å². The number of hydrogen-bond donors (Lipinski definition) is 1. The molecule has 0 amide bonds. The van der Waals surface area contributed by atoms with Crippen molar-refractivity contribution in [3.8, 4) is 11.4 Å². The van der Waals surface area contributed by atoms with E-state index in [4.69, 9.17) is 9.97 Å². The van der Waals surface area contributed by atoms with Gasteiger partial charge in [0.15, 0.2) is 9.84 Å². The lowest BCUT2D eigenvalue weighted by Gasteiger charge is -2.11. The molecule has 0 radical (unpaired) electrons. The molecule has 4 aromatic heterocycles. The van der Waals surface area contributed by atoms with Crippen molar-refractivity contribution < 1.29 is 8.42 Å². The Morgan fingerprint density at radius 1 is 0.939 bits per heavy atom. The van der Waals surface area contributed by atoms with E-state index in [0.29, 0.717) is 23.1 Å². The van der Waals surface area contributed by atoms with Gasteiger partial charge in [0.25, 0.3) is 0 Å². The molecule has 9 heteroatoms. The van der Waals surface area contributed by atoms with Crippen molar-refractivity contribution in [3.05, 3.63) is 65.9 Å². The summed E-state index contributed by atoms with van der Waals surface area (Å²) in [5.41, 5.74) is 3.68. The van der Waals surface area contributed by atoms with Crippen LogP contribution in [0.1, 0.15) is 23.8 Å². The van der Waals surface area contributed by atoms with Crippen LogP contribution in [0.4, 0.5) is 11.5 Å². The quantitative estimate of drug-likeness (QED) is 0.369. The zero-order valence-electron chi connectivity index (χ0n) is 17.7. The maximum absolute atomic E-state index is 12.0. The first-order valence-electron chi connectivity index (χ1n) is 10.5. The van der Waals surface area contributed by atoms with E-state index in [0.717, 1.165) is 26.8 Å². The second-order valence-electron chi connectivity index (χ2n) is 8.21. The SMILES string of the molecule is CS(=O)(=O)c1ccnc(-c2cc3ncccc3c(Nc3ccc4nc(C5CC5)sc4c3)n2)c1. The van der Waals surface area contributed by atoms with Crippen LogP contribution in [0.3, 0.4) is 0 Å². The summed E-state index contributed by atoms with van der Waals surface area (Å²) in [4.78, 5) is 18.6. The molecule has 1 fully saturated rings. The van der Waals surface area contributed by atoms with Gasteiger partial charge in [-0.15, -0.1) is 11.3 Å². The molecule has 0 bridgehead atoms. The van der Waals surface area contributed by atoms with Gasteiger partial charge >= 0.3 is 0 Å². The summed E-state index contributed by atoms with van der Waals surface area (Å²) < 4.78 is 25.2. The third-order valence-electron chi connectivity index (χ3n) is 5.62. The van der Waals surface area contributed by atoms with Crippen LogP contribution in [0, 0.1) is 0 Å². The number of anilines is 2.